The Balaban J connectivity index is 0.815. The highest BCUT2D eigenvalue weighted by molar-refractivity contribution is 6.26. The topological polar surface area (TPSA) is 11.4 Å². The van der Waals surface area contributed by atoms with Gasteiger partial charge >= 0.3 is 0 Å². The van der Waals surface area contributed by atoms with Gasteiger partial charge in [0.15, 0.2) is 0 Å². The SMILES string of the molecule is CC1(C)c2cc(N(c3ccccc3)c3ccccc3)ccc2-c2ccc(N(c3ccc(-c4ccc(-c5ccc6c(c5)c5ccccc5n6-c5ccccc5)cc4)cc3)c3ccc4c5ccccc5c5ccccc5c4c3)cc21. The summed E-state index contributed by atoms with van der Waals surface area (Å²) in [6.45, 7) is 4.78. The lowest BCUT2D eigenvalue weighted by Crippen LogP contribution is -2.17. The van der Waals surface area contributed by atoms with Crippen LogP contribution in [0, 0.1) is 0 Å². The van der Waals surface area contributed by atoms with Crippen molar-refractivity contribution in [2.45, 2.75) is 19.3 Å². The van der Waals surface area contributed by atoms with Crippen molar-refractivity contribution in [3.8, 4) is 39.1 Å². The molecule has 15 rings (SSSR count). The first-order valence-electron chi connectivity index (χ1n) is 27.1. The molecule has 0 atom stereocenters. The molecule has 0 amide bonds. The van der Waals surface area contributed by atoms with Crippen LogP contribution in [-0.4, -0.2) is 4.57 Å². The van der Waals surface area contributed by atoms with Crippen molar-refractivity contribution in [2.24, 2.45) is 0 Å². The van der Waals surface area contributed by atoms with Gasteiger partial charge in [0, 0.05) is 56.0 Å². The summed E-state index contributed by atoms with van der Waals surface area (Å²) >= 11 is 0. The lowest BCUT2D eigenvalue weighted by atomic mass is 9.82. The molecule has 0 fully saturated rings. The van der Waals surface area contributed by atoms with Crippen molar-refractivity contribution in [1.29, 1.82) is 0 Å². The van der Waals surface area contributed by atoms with Gasteiger partial charge in [0.1, 0.15) is 0 Å². The molecule has 0 saturated heterocycles. The number of rotatable bonds is 9. The monoisotopic (exact) mass is 995 g/mol. The molecule has 0 saturated carbocycles. The van der Waals surface area contributed by atoms with Crippen LogP contribution >= 0.6 is 0 Å². The molecule has 0 aliphatic heterocycles. The maximum absolute atomic E-state index is 2.46. The predicted octanol–water partition coefficient (Wildman–Crippen LogP) is 20.8. The lowest BCUT2D eigenvalue weighted by Gasteiger charge is -2.29. The van der Waals surface area contributed by atoms with Gasteiger partial charge in [0.2, 0.25) is 0 Å². The molecule has 0 radical (unpaired) electrons. The minimum atomic E-state index is -0.275. The van der Waals surface area contributed by atoms with Crippen LogP contribution in [0.2, 0.25) is 0 Å². The molecule has 0 unspecified atom stereocenters. The number of hydrogen-bond donors (Lipinski definition) is 0. The van der Waals surface area contributed by atoms with Crippen molar-refractivity contribution >= 4 is 88.2 Å². The zero-order chi connectivity index (χ0) is 51.9. The standard InChI is InChI=1S/C75H53N3/c1-75(2)71-48-59(76(54-18-6-3-7-19-54)55-20-8-4-9-21-55)40-43-66(71)67-44-41-60(49-72(67)75)77(58-39-42-65-63-26-13-12-24-61(63)62-25-14-15-27-64(62)69(65)47-58)57-37-34-51(35-38-57)50-30-32-52(33-31-50)53-36-45-74-70(46-53)68-28-16-17-29-73(68)78(74)56-22-10-5-11-23-56/h3-49H,1-2H3. The summed E-state index contributed by atoms with van der Waals surface area (Å²) < 4.78 is 2.37. The molecule has 14 aromatic rings. The van der Waals surface area contributed by atoms with E-state index in [9.17, 15) is 0 Å². The Bertz CT molecular complexity index is 4540. The van der Waals surface area contributed by atoms with Crippen LogP contribution in [0.4, 0.5) is 34.1 Å². The number of fused-ring (bicyclic) bond motifs is 12. The van der Waals surface area contributed by atoms with Gasteiger partial charge in [-0.1, -0.05) is 196 Å². The average molecular weight is 996 g/mol. The first-order chi connectivity index (χ1) is 38.4. The van der Waals surface area contributed by atoms with Gasteiger partial charge in [-0.2, -0.15) is 0 Å². The molecule has 3 heteroatoms. The van der Waals surface area contributed by atoms with E-state index in [1.165, 1.54) is 104 Å². The second kappa shape index (κ2) is 18.1. The van der Waals surface area contributed by atoms with Crippen LogP contribution in [0.25, 0.3) is 93.2 Å². The molecule has 0 spiro atoms. The highest BCUT2D eigenvalue weighted by Crippen LogP contribution is 2.53. The van der Waals surface area contributed by atoms with Crippen LogP contribution < -0.4 is 9.80 Å². The molecular weight excluding hydrogens is 943 g/mol. The summed E-state index contributed by atoms with van der Waals surface area (Å²) in [4.78, 5) is 4.82. The van der Waals surface area contributed by atoms with Crippen LogP contribution in [0.3, 0.4) is 0 Å². The van der Waals surface area contributed by atoms with Crippen LogP contribution in [0.1, 0.15) is 25.0 Å². The molecule has 1 aliphatic carbocycles. The number of benzene rings is 13. The maximum Gasteiger partial charge on any atom is 0.0541 e. The second-order valence-electron chi connectivity index (χ2n) is 21.3. The third-order valence-corrected chi connectivity index (χ3v) is 16.5. The fraction of sp³-hybridized carbons (Fsp3) is 0.0400. The largest absolute Gasteiger partial charge is 0.310 e. The molecular formula is C75H53N3. The lowest BCUT2D eigenvalue weighted by molar-refractivity contribution is 0.660. The van der Waals surface area contributed by atoms with E-state index in [4.69, 9.17) is 0 Å². The van der Waals surface area contributed by atoms with E-state index < -0.39 is 0 Å². The molecule has 0 N–H and O–H groups in total. The van der Waals surface area contributed by atoms with Gasteiger partial charge in [-0.05, 0) is 180 Å². The Kier molecular flexibility index (Phi) is 10.6. The first kappa shape index (κ1) is 45.4. The van der Waals surface area contributed by atoms with E-state index >= 15 is 0 Å². The number of nitrogens with zero attached hydrogens (tertiary/aromatic N) is 3. The van der Waals surface area contributed by atoms with Crippen LogP contribution in [0.15, 0.2) is 285 Å². The van der Waals surface area contributed by atoms with Gasteiger partial charge in [0.25, 0.3) is 0 Å². The summed E-state index contributed by atoms with van der Waals surface area (Å²) in [5, 5.41) is 10.1. The van der Waals surface area contributed by atoms with Gasteiger partial charge in [-0.15, -0.1) is 0 Å². The van der Waals surface area contributed by atoms with E-state index in [2.05, 4.69) is 313 Å². The predicted molar refractivity (Wildman–Crippen MR) is 331 cm³/mol. The van der Waals surface area contributed by atoms with Crippen molar-refractivity contribution in [1.82, 2.24) is 4.57 Å². The van der Waals surface area contributed by atoms with Gasteiger partial charge in [-0.3, -0.25) is 0 Å². The molecule has 0 bridgehead atoms. The minimum absolute atomic E-state index is 0.275. The molecule has 1 aromatic heterocycles. The Morgan fingerprint density at radius 3 is 1.19 bits per heavy atom. The van der Waals surface area contributed by atoms with Crippen molar-refractivity contribution in [2.75, 3.05) is 9.80 Å². The highest BCUT2D eigenvalue weighted by atomic mass is 15.1. The second-order valence-corrected chi connectivity index (χ2v) is 21.3. The quantitative estimate of drug-likeness (QED) is 0.134. The molecule has 368 valence electrons. The minimum Gasteiger partial charge on any atom is -0.310 e. The number of anilines is 6. The number of para-hydroxylation sites is 4. The van der Waals surface area contributed by atoms with Crippen LogP contribution in [0.5, 0.6) is 0 Å². The molecule has 1 heterocycles. The molecule has 1 aliphatic rings. The highest BCUT2D eigenvalue weighted by Gasteiger charge is 2.37. The molecule has 13 aromatic carbocycles. The van der Waals surface area contributed by atoms with E-state index in [-0.39, 0.29) is 5.41 Å². The zero-order valence-corrected chi connectivity index (χ0v) is 43.5. The zero-order valence-electron chi connectivity index (χ0n) is 43.5. The third-order valence-electron chi connectivity index (χ3n) is 16.5. The van der Waals surface area contributed by atoms with E-state index in [0.717, 1.165) is 34.1 Å². The third kappa shape index (κ3) is 7.34. The number of hydrogen-bond acceptors (Lipinski definition) is 2. The normalized spacial score (nSPS) is 12.6. The summed E-state index contributed by atoms with van der Waals surface area (Å²) in [6.07, 6.45) is 0. The fourth-order valence-corrected chi connectivity index (χ4v) is 12.7. The maximum atomic E-state index is 2.46. The van der Waals surface area contributed by atoms with E-state index in [1.807, 2.05) is 0 Å². The molecule has 78 heavy (non-hydrogen) atoms. The van der Waals surface area contributed by atoms with Crippen molar-refractivity contribution in [3.63, 3.8) is 0 Å². The van der Waals surface area contributed by atoms with Gasteiger partial charge in [0.05, 0.1) is 11.0 Å². The Hall–Kier alpha value is -9.96. The van der Waals surface area contributed by atoms with Crippen molar-refractivity contribution < 1.29 is 0 Å². The summed E-state index contributed by atoms with van der Waals surface area (Å²) in [7, 11) is 0. The van der Waals surface area contributed by atoms with Gasteiger partial charge < -0.3 is 14.4 Å². The van der Waals surface area contributed by atoms with E-state index in [0.29, 0.717) is 0 Å². The molecule has 3 nitrogen and oxygen atoms in total. The summed E-state index contributed by atoms with van der Waals surface area (Å²) in [5.74, 6) is 0. The van der Waals surface area contributed by atoms with E-state index in [1.54, 1.807) is 0 Å². The Morgan fingerprint density at radius 2 is 0.628 bits per heavy atom. The summed E-state index contributed by atoms with van der Waals surface area (Å²) in [5.41, 5.74) is 20.0. The Morgan fingerprint density at radius 1 is 0.256 bits per heavy atom. The fourth-order valence-electron chi connectivity index (χ4n) is 12.7. The van der Waals surface area contributed by atoms with Gasteiger partial charge in [-0.25, -0.2) is 0 Å². The van der Waals surface area contributed by atoms with Crippen LogP contribution in [-0.2, 0) is 5.41 Å². The average Bonchev–Trinajstić information content (AvgIpc) is 4.14. The first-order valence-corrected chi connectivity index (χ1v) is 27.1. The smallest absolute Gasteiger partial charge is 0.0541 e. The Labute approximate surface area is 454 Å². The van der Waals surface area contributed by atoms with Crippen molar-refractivity contribution in [3.05, 3.63) is 296 Å². The summed E-state index contributed by atoms with van der Waals surface area (Å²) in [6, 6.07) is 105. The number of aromatic nitrogens is 1.